The van der Waals surface area contributed by atoms with Crippen LogP contribution in [-0.4, -0.2) is 43.3 Å². The first-order valence-corrected chi connectivity index (χ1v) is 13.1. The Kier molecular flexibility index (Phi) is 6.75. The van der Waals surface area contributed by atoms with E-state index in [1.807, 2.05) is 19.1 Å². The number of ether oxygens (including phenoxy) is 2. The Bertz CT molecular complexity index is 1080. The summed E-state index contributed by atoms with van der Waals surface area (Å²) >= 11 is 0. The summed E-state index contributed by atoms with van der Waals surface area (Å²) in [5.41, 5.74) is 4.02. The van der Waals surface area contributed by atoms with Gasteiger partial charge in [0.2, 0.25) is 0 Å². The van der Waals surface area contributed by atoms with Gasteiger partial charge in [0.05, 0.1) is 12.6 Å². The van der Waals surface area contributed by atoms with Crippen LogP contribution in [0, 0.1) is 17.2 Å². The number of nitrogens with one attached hydrogen (secondary N) is 1. The van der Waals surface area contributed by atoms with Gasteiger partial charge < -0.3 is 14.8 Å². The molecule has 2 aromatic rings. The highest BCUT2D eigenvalue weighted by Gasteiger charge is 2.40. The second-order valence-electron chi connectivity index (χ2n) is 11.1. The van der Waals surface area contributed by atoms with Crippen molar-refractivity contribution in [2.45, 2.75) is 65.0 Å². The monoisotopic (exact) mass is 480 g/mol. The molecule has 2 bridgehead atoms. The van der Waals surface area contributed by atoms with Crippen molar-refractivity contribution >= 4 is 6.09 Å². The fraction of sp³-hybridized carbons (Fsp3) is 0.552. The third-order valence-corrected chi connectivity index (χ3v) is 8.12. The van der Waals surface area contributed by atoms with Crippen LogP contribution in [0.4, 0.5) is 9.18 Å². The zero-order valence-electron chi connectivity index (χ0n) is 21.1. The van der Waals surface area contributed by atoms with Gasteiger partial charge in [-0.25, -0.2) is 9.18 Å². The zero-order valence-corrected chi connectivity index (χ0v) is 21.1. The number of alkyl carbamates (subject to hydrolysis) is 1. The van der Waals surface area contributed by atoms with Gasteiger partial charge in [-0.2, -0.15) is 0 Å². The first kappa shape index (κ1) is 24.1. The number of hydrogen-bond acceptors (Lipinski definition) is 4. The molecule has 1 aliphatic carbocycles. The van der Waals surface area contributed by atoms with Crippen molar-refractivity contribution in [3.05, 3.63) is 53.3 Å². The maximum absolute atomic E-state index is 14.6. The summed E-state index contributed by atoms with van der Waals surface area (Å²) in [6.45, 7) is 10.00. The lowest BCUT2D eigenvalue weighted by Crippen LogP contribution is -2.53. The van der Waals surface area contributed by atoms with E-state index >= 15 is 0 Å². The Morgan fingerprint density at radius 3 is 2.57 bits per heavy atom. The summed E-state index contributed by atoms with van der Waals surface area (Å²) in [7, 11) is 0. The molecular weight excluding hydrogens is 443 g/mol. The van der Waals surface area contributed by atoms with Crippen LogP contribution in [0.15, 0.2) is 36.4 Å². The summed E-state index contributed by atoms with van der Waals surface area (Å²) in [5.74, 6) is 0.435. The molecule has 2 atom stereocenters. The van der Waals surface area contributed by atoms with E-state index < -0.39 is 0 Å². The average Bonchev–Trinajstić information content (AvgIpc) is 2.85. The maximum atomic E-state index is 14.6. The highest BCUT2D eigenvalue weighted by Crippen LogP contribution is 2.44. The number of amides is 1. The van der Waals surface area contributed by atoms with E-state index in [1.54, 1.807) is 12.1 Å². The van der Waals surface area contributed by atoms with Crippen molar-refractivity contribution in [2.24, 2.45) is 11.3 Å². The van der Waals surface area contributed by atoms with Gasteiger partial charge in [-0.1, -0.05) is 45.0 Å². The lowest BCUT2D eigenvalue weighted by atomic mass is 9.70. The fourth-order valence-corrected chi connectivity index (χ4v) is 5.92. The molecule has 4 aliphatic rings. The van der Waals surface area contributed by atoms with Crippen molar-refractivity contribution in [2.75, 3.05) is 26.2 Å². The molecule has 0 aromatic heterocycles. The van der Waals surface area contributed by atoms with E-state index in [0.717, 1.165) is 68.4 Å². The Balaban J connectivity index is 1.33. The molecule has 2 aromatic carbocycles. The van der Waals surface area contributed by atoms with Gasteiger partial charge in [-0.3, -0.25) is 4.90 Å². The fourth-order valence-electron chi connectivity index (χ4n) is 5.92. The molecule has 1 N–H and O–H groups in total. The minimum atomic E-state index is -0.343. The number of fused-ring (bicyclic) bond motifs is 4. The number of benzene rings is 2. The summed E-state index contributed by atoms with van der Waals surface area (Å²) in [5, 5.41) is 3.21. The van der Waals surface area contributed by atoms with Gasteiger partial charge in [-0.15, -0.1) is 0 Å². The molecule has 5 nitrogen and oxygen atoms in total. The van der Waals surface area contributed by atoms with Gasteiger partial charge in [0.1, 0.15) is 6.10 Å². The molecule has 0 saturated carbocycles. The van der Waals surface area contributed by atoms with Gasteiger partial charge >= 0.3 is 6.09 Å². The van der Waals surface area contributed by atoms with E-state index in [-0.39, 0.29) is 29.5 Å². The number of aryl methyl sites for hydroxylation is 1. The van der Waals surface area contributed by atoms with E-state index in [9.17, 15) is 9.18 Å². The highest BCUT2D eigenvalue weighted by atomic mass is 19.1. The van der Waals surface area contributed by atoms with Crippen molar-refractivity contribution in [1.82, 2.24) is 10.2 Å². The lowest BCUT2D eigenvalue weighted by Gasteiger charge is -2.44. The predicted molar refractivity (Wildman–Crippen MR) is 135 cm³/mol. The third-order valence-electron chi connectivity index (χ3n) is 8.12. The quantitative estimate of drug-likeness (QED) is 0.542. The smallest absolute Gasteiger partial charge is 0.407 e. The van der Waals surface area contributed by atoms with Crippen LogP contribution in [0.3, 0.4) is 0 Å². The molecule has 3 fully saturated rings. The Labute approximate surface area is 208 Å². The Hall–Kier alpha value is -2.60. The number of nitrogens with zero attached hydrogens (tertiary/aromatic N) is 1. The SMILES string of the molecule is CCCOc1ccc(-c2ccc3c(c2)CCC(C)(C)C3NC(=O)O[C@@H]2CN3CCC2CC3)cc1F. The minimum absolute atomic E-state index is 0.00905. The van der Waals surface area contributed by atoms with Gasteiger partial charge in [0.25, 0.3) is 0 Å². The van der Waals surface area contributed by atoms with Gasteiger partial charge in [-0.05, 0) is 90.9 Å². The van der Waals surface area contributed by atoms with E-state index in [4.69, 9.17) is 9.47 Å². The van der Waals surface area contributed by atoms with Crippen molar-refractivity contribution in [3.8, 4) is 16.9 Å². The van der Waals surface area contributed by atoms with Gasteiger partial charge in [0.15, 0.2) is 11.6 Å². The van der Waals surface area contributed by atoms with Crippen LogP contribution in [0.1, 0.15) is 63.6 Å². The van der Waals surface area contributed by atoms with Crippen molar-refractivity contribution in [3.63, 3.8) is 0 Å². The topological polar surface area (TPSA) is 50.8 Å². The molecular formula is C29H37FN2O3. The molecule has 6 heteroatoms. The second-order valence-corrected chi connectivity index (χ2v) is 11.1. The predicted octanol–water partition coefficient (Wildman–Crippen LogP) is 6.12. The molecule has 1 amide bonds. The number of hydrogen-bond donors (Lipinski definition) is 1. The Morgan fingerprint density at radius 2 is 1.89 bits per heavy atom. The molecule has 1 unspecified atom stereocenters. The molecule has 0 spiro atoms. The summed E-state index contributed by atoms with van der Waals surface area (Å²) in [4.78, 5) is 15.4. The maximum Gasteiger partial charge on any atom is 0.407 e. The van der Waals surface area contributed by atoms with E-state index in [0.29, 0.717) is 18.3 Å². The molecule has 188 valence electrons. The zero-order chi connectivity index (χ0) is 24.6. The number of piperidine rings is 3. The summed E-state index contributed by atoms with van der Waals surface area (Å²) < 4.78 is 26.0. The molecule has 3 aliphatic heterocycles. The molecule has 6 rings (SSSR count). The number of halogens is 1. The van der Waals surface area contributed by atoms with Crippen LogP contribution in [0.5, 0.6) is 5.75 Å². The van der Waals surface area contributed by atoms with Crippen LogP contribution < -0.4 is 10.1 Å². The third kappa shape index (κ3) is 5.04. The molecule has 35 heavy (non-hydrogen) atoms. The van der Waals surface area contributed by atoms with Crippen molar-refractivity contribution in [1.29, 1.82) is 0 Å². The number of carbonyl (C=O) groups excluding carboxylic acids is 1. The Morgan fingerprint density at radius 1 is 1.14 bits per heavy atom. The number of rotatable bonds is 6. The molecule has 0 radical (unpaired) electrons. The highest BCUT2D eigenvalue weighted by molar-refractivity contribution is 5.70. The molecule has 3 saturated heterocycles. The first-order valence-electron chi connectivity index (χ1n) is 13.1. The average molecular weight is 481 g/mol. The van der Waals surface area contributed by atoms with E-state index in [1.165, 1.54) is 5.56 Å². The van der Waals surface area contributed by atoms with Crippen molar-refractivity contribution < 1.29 is 18.7 Å². The lowest BCUT2D eigenvalue weighted by molar-refractivity contribution is -0.0353. The second kappa shape index (κ2) is 9.81. The molecule has 3 heterocycles. The van der Waals surface area contributed by atoms with Gasteiger partial charge in [0, 0.05) is 6.54 Å². The van der Waals surface area contributed by atoms with Crippen LogP contribution in [0.25, 0.3) is 11.1 Å². The standard InChI is InChI=1S/C29H37FN2O3/c1-4-15-34-25-8-6-21(17-24(25)30)20-5-7-23-22(16-20)9-12-29(2,3)27(23)31-28(33)35-26-18-32-13-10-19(26)11-14-32/h5-8,16-17,19,26-27H,4,9-15,18H2,1-3H3,(H,31,33)/t26-,27?/m1/s1. The summed E-state index contributed by atoms with van der Waals surface area (Å²) in [6.07, 6.45) is 4.62. The largest absolute Gasteiger partial charge is 0.491 e. The normalized spacial score (nSPS) is 26.6. The summed E-state index contributed by atoms with van der Waals surface area (Å²) in [6, 6.07) is 11.3. The first-order chi connectivity index (χ1) is 16.8. The number of carbonyl (C=O) groups is 1. The van der Waals surface area contributed by atoms with Crippen LogP contribution in [0.2, 0.25) is 0 Å². The minimum Gasteiger partial charge on any atom is -0.491 e. The van der Waals surface area contributed by atoms with Crippen LogP contribution in [-0.2, 0) is 11.2 Å². The van der Waals surface area contributed by atoms with E-state index in [2.05, 4.69) is 36.2 Å². The van der Waals surface area contributed by atoms with Crippen LogP contribution >= 0.6 is 0 Å².